The first-order valence-corrected chi connectivity index (χ1v) is 9.36. The van der Waals surface area contributed by atoms with E-state index in [4.69, 9.17) is 0 Å². The Morgan fingerprint density at radius 2 is 2.00 bits per heavy atom. The number of carbonyl (C=O) groups is 1. The summed E-state index contributed by atoms with van der Waals surface area (Å²) >= 11 is 1.04. The van der Waals surface area contributed by atoms with Gasteiger partial charge in [-0.2, -0.15) is 0 Å². The molecule has 1 fully saturated rings. The number of hydrogen-bond donors (Lipinski definition) is 0. The van der Waals surface area contributed by atoms with Crippen LogP contribution in [0, 0.1) is 10.1 Å². The van der Waals surface area contributed by atoms with E-state index in [1.807, 2.05) is 6.07 Å². The third kappa shape index (κ3) is 3.56. The summed E-state index contributed by atoms with van der Waals surface area (Å²) in [6.07, 6.45) is 4.47. The van der Waals surface area contributed by atoms with Crippen LogP contribution >= 0.6 is 11.8 Å². The molecule has 0 aliphatic carbocycles. The second kappa shape index (κ2) is 7.72. The highest BCUT2D eigenvalue weighted by Gasteiger charge is 2.26. The van der Waals surface area contributed by atoms with Crippen LogP contribution in [0.5, 0.6) is 0 Å². The Bertz CT molecular complexity index is 1020. The number of likely N-dealkylation sites (tertiary alicyclic amines) is 1. The van der Waals surface area contributed by atoms with Crippen LogP contribution < -0.4 is 0 Å². The van der Waals surface area contributed by atoms with E-state index in [0.29, 0.717) is 36.3 Å². The molecule has 1 aliphatic heterocycles. The van der Waals surface area contributed by atoms with Crippen molar-refractivity contribution in [2.24, 2.45) is 0 Å². The second-order valence-corrected chi connectivity index (χ2v) is 6.98. The molecule has 11 heteroatoms. The van der Waals surface area contributed by atoms with Crippen molar-refractivity contribution in [3.05, 3.63) is 58.7 Å². The summed E-state index contributed by atoms with van der Waals surface area (Å²) in [5.74, 6) is 1.18. The van der Waals surface area contributed by atoms with Gasteiger partial charge < -0.3 is 4.90 Å². The fourth-order valence-electron chi connectivity index (χ4n) is 2.91. The van der Waals surface area contributed by atoms with E-state index in [1.165, 1.54) is 18.3 Å². The Balaban J connectivity index is 1.74. The molecule has 0 atom stereocenters. The second-order valence-electron chi connectivity index (χ2n) is 6.03. The SMILES string of the molecule is O=C1CCCN1Cc1nnc(Sc2ncccc2[N+](=O)[O-])n1-c1ccccn1. The van der Waals surface area contributed by atoms with Gasteiger partial charge in [0.15, 0.2) is 10.9 Å². The molecule has 0 saturated carbocycles. The third-order valence-electron chi connectivity index (χ3n) is 4.22. The average Bonchev–Trinajstić information content (AvgIpc) is 3.29. The summed E-state index contributed by atoms with van der Waals surface area (Å²) in [5, 5.41) is 20.3. The molecule has 3 aromatic rings. The van der Waals surface area contributed by atoms with E-state index in [1.54, 1.807) is 27.8 Å². The Hall–Kier alpha value is -3.34. The van der Waals surface area contributed by atoms with Crippen molar-refractivity contribution in [1.29, 1.82) is 0 Å². The van der Waals surface area contributed by atoms with Gasteiger partial charge in [-0.3, -0.25) is 19.5 Å². The van der Waals surface area contributed by atoms with Crippen LogP contribution in [0.15, 0.2) is 52.9 Å². The fourth-order valence-corrected chi connectivity index (χ4v) is 3.82. The number of aromatic nitrogens is 5. The summed E-state index contributed by atoms with van der Waals surface area (Å²) in [4.78, 5) is 33.0. The van der Waals surface area contributed by atoms with Crippen LogP contribution in [0.3, 0.4) is 0 Å². The monoisotopic (exact) mass is 397 g/mol. The van der Waals surface area contributed by atoms with E-state index < -0.39 is 4.92 Å². The van der Waals surface area contributed by atoms with Crippen molar-refractivity contribution in [3.63, 3.8) is 0 Å². The number of nitrogens with zero attached hydrogens (tertiary/aromatic N) is 7. The van der Waals surface area contributed by atoms with Gasteiger partial charge in [0.2, 0.25) is 11.1 Å². The summed E-state index contributed by atoms with van der Waals surface area (Å²) in [5.41, 5.74) is -0.112. The zero-order valence-corrected chi connectivity index (χ0v) is 15.4. The molecule has 1 amide bonds. The molecule has 0 unspecified atom stereocenters. The number of nitro groups is 1. The van der Waals surface area contributed by atoms with Gasteiger partial charge >= 0.3 is 5.69 Å². The zero-order valence-electron chi connectivity index (χ0n) is 14.6. The Labute approximate surface area is 163 Å². The summed E-state index contributed by atoms with van der Waals surface area (Å²) in [6.45, 7) is 0.968. The normalized spacial score (nSPS) is 13.9. The highest BCUT2D eigenvalue weighted by Crippen LogP contribution is 2.33. The van der Waals surface area contributed by atoms with Gasteiger partial charge in [0.05, 0.1) is 11.5 Å². The molecular weight excluding hydrogens is 382 g/mol. The molecule has 0 bridgehead atoms. The lowest BCUT2D eigenvalue weighted by Crippen LogP contribution is -2.25. The fraction of sp³-hybridized carbons (Fsp3) is 0.235. The molecule has 142 valence electrons. The maximum Gasteiger partial charge on any atom is 0.301 e. The maximum absolute atomic E-state index is 12.0. The lowest BCUT2D eigenvalue weighted by atomic mass is 10.4. The van der Waals surface area contributed by atoms with E-state index in [9.17, 15) is 14.9 Å². The lowest BCUT2D eigenvalue weighted by Gasteiger charge is -2.16. The third-order valence-corrected chi connectivity index (χ3v) is 5.17. The molecule has 0 radical (unpaired) electrons. The van der Waals surface area contributed by atoms with E-state index in [0.717, 1.165) is 18.2 Å². The minimum atomic E-state index is -0.485. The number of carbonyl (C=O) groups excluding carboxylic acids is 1. The van der Waals surface area contributed by atoms with Crippen LogP contribution in [-0.4, -0.2) is 47.0 Å². The van der Waals surface area contributed by atoms with Crippen molar-refractivity contribution >= 4 is 23.4 Å². The van der Waals surface area contributed by atoms with Gasteiger partial charge in [0, 0.05) is 31.4 Å². The van der Waals surface area contributed by atoms with Crippen molar-refractivity contribution in [3.8, 4) is 5.82 Å². The van der Waals surface area contributed by atoms with Gasteiger partial charge in [0.25, 0.3) is 0 Å². The topological polar surface area (TPSA) is 120 Å². The molecule has 4 rings (SSSR count). The molecule has 3 aromatic heterocycles. The molecule has 10 nitrogen and oxygen atoms in total. The summed E-state index contributed by atoms with van der Waals surface area (Å²) in [7, 11) is 0. The first-order chi connectivity index (χ1) is 13.6. The van der Waals surface area contributed by atoms with Gasteiger partial charge in [-0.15, -0.1) is 10.2 Å². The molecular formula is C17H15N7O3S. The van der Waals surface area contributed by atoms with Gasteiger partial charge in [-0.1, -0.05) is 6.07 Å². The predicted molar refractivity (Wildman–Crippen MR) is 98.8 cm³/mol. The molecule has 4 heterocycles. The van der Waals surface area contributed by atoms with Crippen molar-refractivity contribution in [2.75, 3.05) is 6.54 Å². The average molecular weight is 397 g/mol. The quantitative estimate of drug-likeness (QED) is 0.459. The van der Waals surface area contributed by atoms with E-state index in [2.05, 4.69) is 20.2 Å². The molecule has 28 heavy (non-hydrogen) atoms. The lowest BCUT2D eigenvalue weighted by molar-refractivity contribution is -0.388. The predicted octanol–water partition coefficient (Wildman–Crippen LogP) is 2.24. The van der Waals surface area contributed by atoms with Crippen LogP contribution in [-0.2, 0) is 11.3 Å². The van der Waals surface area contributed by atoms with Crippen molar-refractivity contribution in [1.82, 2.24) is 29.6 Å². The largest absolute Gasteiger partial charge is 0.335 e. The smallest absolute Gasteiger partial charge is 0.301 e. The van der Waals surface area contributed by atoms with Crippen LogP contribution in [0.2, 0.25) is 0 Å². The van der Waals surface area contributed by atoms with E-state index >= 15 is 0 Å². The Morgan fingerprint density at radius 1 is 1.14 bits per heavy atom. The minimum absolute atomic E-state index is 0.0742. The van der Waals surface area contributed by atoms with Gasteiger partial charge in [-0.05, 0) is 36.4 Å². The summed E-state index contributed by atoms with van der Waals surface area (Å²) in [6, 6.07) is 8.30. The molecule has 0 spiro atoms. The minimum Gasteiger partial charge on any atom is -0.335 e. The maximum atomic E-state index is 12.0. The molecule has 1 saturated heterocycles. The highest BCUT2D eigenvalue weighted by molar-refractivity contribution is 7.99. The first kappa shape index (κ1) is 18.0. The van der Waals surface area contributed by atoms with Crippen LogP contribution in [0.4, 0.5) is 5.69 Å². The zero-order chi connectivity index (χ0) is 19.5. The van der Waals surface area contributed by atoms with Crippen LogP contribution in [0.1, 0.15) is 18.7 Å². The number of hydrogen-bond acceptors (Lipinski definition) is 8. The van der Waals surface area contributed by atoms with Gasteiger partial charge in [-0.25, -0.2) is 9.97 Å². The standard InChI is InChI=1S/C17H15N7O3S/c25-15-7-4-10-22(15)11-14-20-21-17(23(14)13-6-1-2-8-18-13)28-16-12(24(26)27)5-3-9-19-16/h1-3,5-6,8-9H,4,7,10-11H2. The number of rotatable bonds is 6. The molecule has 0 aromatic carbocycles. The Kier molecular flexibility index (Phi) is 4.98. The summed E-state index contributed by atoms with van der Waals surface area (Å²) < 4.78 is 1.70. The number of pyridine rings is 2. The number of amides is 1. The van der Waals surface area contributed by atoms with E-state index in [-0.39, 0.29) is 16.6 Å². The highest BCUT2D eigenvalue weighted by atomic mass is 32.2. The van der Waals surface area contributed by atoms with Crippen molar-refractivity contribution in [2.45, 2.75) is 29.6 Å². The van der Waals surface area contributed by atoms with Gasteiger partial charge in [0.1, 0.15) is 5.82 Å². The van der Waals surface area contributed by atoms with Crippen molar-refractivity contribution < 1.29 is 9.72 Å². The first-order valence-electron chi connectivity index (χ1n) is 8.54. The molecule has 0 N–H and O–H groups in total. The van der Waals surface area contributed by atoms with Crippen LogP contribution in [0.25, 0.3) is 5.82 Å². The Morgan fingerprint density at radius 3 is 2.71 bits per heavy atom. The molecule has 1 aliphatic rings.